The molecule has 0 bridgehead atoms. The lowest BCUT2D eigenvalue weighted by molar-refractivity contribution is 0.0935. The van der Waals surface area contributed by atoms with Gasteiger partial charge in [-0.2, -0.15) is 5.10 Å². The van der Waals surface area contributed by atoms with E-state index in [1.54, 1.807) is 4.68 Å². The number of para-hydroxylation sites is 1. The summed E-state index contributed by atoms with van der Waals surface area (Å²) in [4.78, 5) is 12.1. The summed E-state index contributed by atoms with van der Waals surface area (Å²) in [6.07, 6.45) is 0.640. The zero-order valence-electron chi connectivity index (χ0n) is 10.8. The topological polar surface area (TPSA) is 55.1 Å². The summed E-state index contributed by atoms with van der Waals surface area (Å²) < 4.78 is 1.81. The van der Waals surface area contributed by atoms with E-state index >= 15 is 0 Å². The van der Waals surface area contributed by atoms with E-state index in [0.29, 0.717) is 18.7 Å². The van der Waals surface area contributed by atoms with Gasteiger partial charge < -0.3 is 5.11 Å². The number of hydrogen-bond acceptors (Lipinski definition) is 3. The van der Waals surface area contributed by atoms with Crippen molar-refractivity contribution in [2.75, 3.05) is 6.61 Å². The van der Waals surface area contributed by atoms with Crippen molar-refractivity contribution in [3.63, 3.8) is 0 Å². The molecule has 1 N–H and O–H groups in total. The van der Waals surface area contributed by atoms with Gasteiger partial charge in [0, 0.05) is 24.5 Å². The van der Waals surface area contributed by atoms with Crippen LogP contribution in [0.25, 0.3) is 10.9 Å². The molecule has 0 radical (unpaired) electrons. The Morgan fingerprint density at radius 2 is 2.11 bits per heavy atom. The number of fused-ring (bicyclic) bond motifs is 1. The van der Waals surface area contributed by atoms with Gasteiger partial charge in [0.05, 0.1) is 5.52 Å². The molecular formula is C14H18N2O2. The van der Waals surface area contributed by atoms with Crippen LogP contribution >= 0.6 is 0 Å². The lowest BCUT2D eigenvalue weighted by Crippen LogP contribution is -2.10. The summed E-state index contributed by atoms with van der Waals surface area (Å²) in [5.41, 5.74) is 1.49. The number of carbonyl (C=O) groups is 1. The van der Waals surface area contributed by atoms with Crippen molar-refractivity contribution in [3.05, 3.63) is 30.0 Å². The van der Waals surface area contributed by atoms with Gasteiger partial charge in [0.25, 0.3) is 0 Å². The SMILES string of the molecule is CC(C)C(=O)c1nn(CCCO)c2ccccc12. The quantitative estimate of drug-likeness (QED) is 0.823. The largest absolute Gasteiger partial charge is 0.396 e. The highest BCUT2D eigenvalue weighted by Gasteiger charge is 2.18. The average Bonchev–Trinajstić information content (AvgIpc) is 2.74. The van der Waals surface area contributed by atoms with Crippen LogP contribution in [-0.4, -0.2) is 27.3 Å². The van der Waals surface area contributed by atoms with E-state index in [1.165, 1.54) is 0 Å². The minimum atomic E-state index is -0.0606. The van der Waals surface area contributed by atoms with Crippen molar-refractivity contribution in [1.82, 2.24) is 9.78 Å². The zero-order valence-corrected chi connectivity index (χ0v) is 10.8. The Bertz CT molecular complexity index is 558. The number of aromatic nitrogens is 2. The van der Waals surface area contributed by atoms with Gasteiger partial charge in [-0.15, -0.1) is 0 Å². The molecule has 1 heterocycles. The maximum absolute atomic E-state index is 12.1. The first-order valence-corrected chi connectivity index (χ1v) is 6.25. The monoisotopic (exact) mass is 246 g/mol. The molecule has 96 valence electrons. The van der Waals surface area contributed by atoms with Crippen molar-refractivity contribution in [3.8, 4) is 0 Å². The van der Waals surface area contributed by atoms with Crippen LogP contribution in [0.2, 0.25) is 0 Å². The van der Waals surface area contributed by atoms with Gasteiger partial charge in [0.1, 0.15) is 5.69 Å². The summed E-state index contributed by atoms with van der Waals surface area (Å²) in [5.74, 6) is 0.00328. The molecule has 4 nitrogen and oxygen atoms in total. The van der Waals surface area contributed by atoms with Crippen LogP contribution in [-0.2, 0) is 6.54 Å². The lowest BCUT2D eigenvalue weighted by Gasteiger charge is -2.01. The number of rotatable bonds is 5. The van der Waals surface area contributed by atoms with Crippen LogP contribution in [0.4, 0.5) is 0 Å². The number of ketones is 1. The first-order valence-electron chi connectivity index (χ1n) is 6.25. The minimum absolute atomic E-state index is 0.0606. The van der Waals surface area contributed by atoms with Gasteiger partial charge >= 0.3 is 0 Å². The Balaban J connectivity index is 2.50. The van der Waals surface area contributed by atoms with Gasteiger partial charge in [-0.25, -0.2) is 0 Å². The Labute approximate surface area is 106 Å². The molecule has 0 spiro atoms. The fraction of sp³-hybridized carbons (Fsp3) is 0.429. The molecule has 18 heavy (non-hydrogen) atoms. The Kier molecular flexibility index (Phi) is 3.77. The molecule has 0 atom stereocenters. The minimum Gasteiger partial charge on any atom is -0.396 e. The van der Waals surface area contributed by atoms with Crippen LogP contribution in [0.15, 0.2) is 24.3 Å². The van der Waals surface area contributed by atoms with Gasteiger partial charge in [0.15, 0.2) is 5.78 Å². The summed E-state index contributed by atoms with van der Waals surface area (Å²) in [5, 5.41) is 14.2. The molecule has 0 aliphatic heterocycles. The van der Waals surface area contributed by atoms with E-state index in [9.17, 15) is 4.79 Å². The van der Waals surface area contributed by atoms with E-state index in [-0.39, 0.29) is 18.3 Å². The van der Waals surface area contributed by atoms with Crippen molar-refractivity contribution in [2.45, 2.75) is 26.8 Å². The third-order valence-electron chi connectivity index (χ3n) is 2.94. The molecule has 0 saturated heterocycles. The number of benzene rings is 1. The number of aliphatic hydroxyl groups excluding tert-OH is 1. The van der Waals surface area contributed by atoms with Crippen LogP contribution in [0.5, 0.6) is 0 Å². The fourth-order valence-electron chi connectivity index (χ4n) is 1.97. The first-order chi connectivity index (χ1) is 8.65. The standard InChI is InChI=1S/C14H18N2O2/c1-10(2)14(18)13-11-6-3-4-7-12(11)16(15-13)8-5-9-17/h3-4,6-7,10,17H,5,8-9H2,1-2H3. The molecule has 0 aliphatic carbocycles. The molecule has 2 aromatic rings. The summed E-state index contributed by atoms with van der Waals surface area (Å²) in [6.45, 7) is 4.51. The second-order valence-corrected chi connectivity index (χ2v) is 4.69. The molecule has 0 saturated carbocycles. The second kappa shape index (κ2) is 5.31. The van der Waals surface area contributed by atoms with Gasteiger partial charge in [-0.05, 0) is 12.5 Å². The van der Waals surface area contributed by atoms with Crippen LogP contribution in [0.1, 0.15) is 30.8 Å². The molecule has 2 rings (SSSR count). The van der Waals surface area contributed by atoms with E-state index < -0.39 is 0 Å². The number of hydrogen-bond donors (Lipinski definition) is 1. The lowest BCUT2D eigenvalue weighted by atomic mass is 10.0. The Morgan fingerprint density at radius 1 is 1.39 bits per heavy atom. The third kappa shape index (κ3) is 2.29. The van der Waals surface area contributed by atoms with E-state index in [1.807, 2.05) is 38.1 Å². The highest BCUT2D eigenvalue weighted by atomic mass is 16.3. The van der Waals surface area contributed by atoms with Crippen molar-refractivity contribution in [2.24, 2.45) is 5.92 Å². The molecular weight excluding hydrogens is 228 g/mol. The maximum Gasteiger partial charge on any atom is 0.186 e. The van der Waals surface area contributed by atoms with E-state index in [0.717, 1.165) is 10.9 Å². The predicted molar refractivity (Wildman–Crippen MR) is 70.6 cm³/mol. The third-order valence-corrected chi connectivity index (χ3v) is 2.94. The molecule has 0 unspecified atom stereocenters. The zero-order chi connectivity index (χ0) is 13.1. The van der Waals surface area contributed by atoms with Crippen molar-refractivity contribution >= 4 is 16.7 Å². The normalized spacial score (nSPS) is 11.3. The van der Waals surface area contributed by atoms with Crippen molar-refractivity contribution in [1.29, 1.82) is 0 Å². The van der Waals surface area contributed by atoms with Crippen LogP contribution < -0.4 is 0 Å². The number of carbonyl (C=O) groups excluding carboxylic acids is 1. The van der Waals surface area contributed by atoms with E-state index in [4.69, 9.17) is 5.11 Å². The molecule has 0 aliphatic rings. The highest BCUT2D eigenvalue weighted by Crippen LogP contribution is 2.21. The van der Waals surface area contributed by atoms with Gasteiger partial charge in [0.2, 0.25) is 0 Å². The molecule has 0 amide bonds. The summed E-state index contributed by atoms with van der Waals surface area (Å²) in [7, 11) is 0. The van der Waals surface area contributed by atoms with Crippen LogP contribution in [0, 0.1) is 5.92 Å². The predicted octanol–water partition coefficient (Wildman–Crippen LogP) is 2.26. The molecule has 1 aromatic heterocycles. The molecule has 4 heteroatoms. The summed E-state index contributed by atoms with van der Waals surface area (Å²) in [6, 6.07) is 7.73. The Morgan fingerprint density at radius 3 is 2.78 bits per heavy atom. The smallest absolute Gasteiger partial charge is 0.186 e. The molecule has 1 aromatic carbocycles. The van der Waals surface area contributed by atoms with Gasteiger partial charge in [-0.3, -0.25) is 9.48 Å². The average molecular weight is 246 g/mol. The fourth-order valence-corrected chi connectivity index (χ4v) is 1.97. The van der Waals surface area contributed by atoms with E-state index in [2.05, 4.69) is 5.10 Å². The molecule has 0 fully saturated rings. The van der Waals surface area contributed by atoms with Crippen molar-refractivity contribution < 1.29 is 9.90 Å². The highest BCUT2D eigenvalue weighted by molar-refractivity contribution is 6.06. The number of nitrogens with zero attached hydrogens (tertiary/aromatic N) is 2. The first kappa shape index (κ1) is 12.8. The van der Waals surface area contributed by atoms with Gasteiger partial charge in [-0.1, -0.05) is 32.0 Å². The summed E-state index contributed by atoms with van der Waals surface area (Å²) >= 11 is 0. The number of aliphatic hydroxyl groups is 1. The van der Waals surface area contributed by atoms with Crippen LogP contribution in [0.3, 0.4) is 0 Å². The maximum atomic E-state index is 12.1. The second-order valence-electron chi connectivity index (χ2n) is 4.69. The number of Topliss-reactive ketones (excluding diaryl/α,β-unsaturated/α-hetero) is 1. The number of aryl methyl sites for hydroxylation is 1. The Hall–Kier alpha value is -1.68.